The lowest BCUT2D eigenvalue weighted by Gasteiger charge is -2.19. The molecule has 27 heavy (non-hydrogen) atoms. The van der Waals surface area contributed by atoms with E-state index in [0.717, 1.165) is 26.3 Å². The number of benzene rings is 1. The van der Waals surface area contributed by atoms with Crippen LogP contribution in [0.25, 0.3) is 10.2 Å². The highest BCUT2D eigenvalue weighted by molar-refractivity contribution is 9.10. The summed E-state index contributed by atoms with van der Waals surface area (Å²) in [6.45, 7) is 4.45. The zero-order valence-electron chi connectivity index (χ0n) is 15.7. The van der Waals surface area contributed by atoms with Gasteiger partial charge >= 0.3 is 0 Å². The third kappa shape index (κ3) is 4.62. The molecule has 0 spiro atoms. The summed E-state index contributed by atoms with van der Waals surface area (Å²) in [6, 6.07) is 8.21. The molecule has 3 aromatic rings. The Labute approximate surface area is 175 Å². The molecule has 2 heterocycles. The number of carbonyl (C=O) groups excluding carboxylic acids is 1. The van der Waals surface area contributed by atoms with Crippen molar-refractivity contribution in [2.75, 3.05) is 25.5 Å². The van der Waals surface area contributed by atoms with Crippen molar-refractivity contribution in [2.24, 2.45) is 0 Å². The highest BCUT2D eigenvalue weighted by atomic mass is 79.9. The smallest absolute Gasteiger partial charge is 0.239 e. The molecular weight excluding hydrogens is 444 g/mol. The Balaban J connectivity index is 1.94. The van der Waals surface area contributed by atoms with Crippen molar-refractivity contribution in [2.45, 2.75) is 24.5 Å². The Morgan fingerprint density at radius 2 is 1.96 bits per heavy atom. The van der Waals surface area contributed by atoms with E-state index in [-0.39, 0.29) is 12.5 Å². The van der Waals surface area contributed by atoms with Gasteiger partial charge in [0.25, 0.3) is 0 Å². The quantitative estimate of drug-likeness (QED) is 0.542. The van der Waals surface area contributed by atoms with Gasteiger partial charge in [-0.25, -0.2) is 9.97 Å². The van der Waals surface area contributed by atoms with Gasteiger partial charge in [0, 0.05) is 28.3 Å². The van der Waals surface area contributed by atoms with Crippen molar-refractivity contribution in [3.63, 3.8) is 0 Å². The van der Waals surface area contributed by atoms with E-state index in [1.54, 1.807) is 30.1 Å². The second-order valence-corrected chi connectivity index (χ2v) is 9.37. The predicted octanol–water partition coefficient (Wildman–Crippen LogP) is 4.55. The van der Waals surface area contributed by atoms with Gasteiger partial charge in [-0.1, -0.05) is 15.9 Å². The number of likely N-dealkylation sites (N-methyl/N-ethyl adjacent to an activating group) is 2. The summed E-state index contributed by atoms with van der Waals surface area (Å²) in [5.74, 6) is 2.22. The van der Waals surface area contributed by atoms with Crippen LogP contribution in [0.3, 0.4) is 0 Å². The average molecular weight is 465 g/mol. The summed E-state index contributed by atoms with van der Waals surface area (Å²) in [5.41, 5.74) is 1.18. The first-order valence-electron chi connectivity index (χ1n) is 8.45. The van der Waals surface area contributed by atoms with Gasteiger partial charge in [0.05, 0.1) is 17.7 Å². The summed E-state index contributed by atoms with van der Waals surface area (Å²) in [5, 5.41) is 3.71. The summed E-state index contributed by atoms with van der Waals surface area (Å²) < 4.78 is 1.06. The number of anilines is 1. The van der Waals surface area contributed by atoms with E-state index >= 15 is 0 Å². The highest BCUT2D eigenvalue weighted by Gasteiger charge is 2.18. The van der Waals surface area contributed by atoms with Gasteiger partial charge < -0.3 is 10.2 Å². The van der Waals surface area contributed by atoms with Crippen LogP contribution < -0.4 is 10.2 Å². The molecule has 0 fully saturated rings. The normalized spacial score (nSPS) is 11.0. The van der Waals surface area contributed by atoms with E-state index in [4.69, 9.17) is 9.97 Å². The van der Waals surface area contributed by atoms with Crippen LogP contribution in [0.1, 0.15) is 16.3 Å². The minimum atomic E-state index is -0.0420. The number of hydrogen-bond acceptors (Lipinski definition) is 6. The largest absolute Gasteiger partial charge is 0.358 e. The summed E-state index contributed by atoms with van der Waals surface area (Å²) >= 11 is 6.84. The van der Waals surface area contributed by atoms with Crippen LogP contribution in [0.2, 0.25) is 0 Å². The van der Waals surface area contributed by atoms with Gasteiger partial charge in [-0.15, -0.1) is 23.1 Å². The third-order valence-corrected chi connectivity index (χ3v) is 6.90. The molecule has 3 rings (SSSR count). The minimum absolute atomic E-state index is 0.0420. The van der Waals surface area contributed by atoms with E-state index in [9.17, 15) is 4.79 Å². The lowest BCUT2D eigenvalue weighted by molar-refractivity contribution is -0.119. The number of amides is 1. The number of nitrogens with one attached hydrogen (secondary N) is 1. The first kappa shape index (κ1) is 20.1. The molecule has 0 aliphatic heterocycles. The van der Waals surface area contributed by atoms with Crippen LogP contribution in [-0.4, -0.2) is 36.5 Å². The number of hydrogen-bond donors (Lipinski definition) is 1. The molecule has 0 saturated heterocycles. The van der Waals surface area contributed by atoms with Crippen molar-refractivity contribution >= 4 is 61.0 Å². The van der Waals surface area contributed by atoms with Crippen molar-refractivity contribution < 1.29 is 4.79 Å². The van der Waals surface area contributed by atoms with Gasteiger partial charge in [0.15, 0.2) is 0 Å². The van der Waals surface area contributed by atoms with Gasteiger partial charge in [0.2, 0.25) is 5.91 Å². The van der Waals surface area contributed by atoms with Crippen LogP contribution in [0.4, 0.5) is 5.82 Å². The molecular formula is C19H21BrN4OS2. The topological polar surface area (TPSA) is 58.1 Å². The highest BCUT2D eigenvalue weighted by Crippen LogP contribution is 2.35. The monoisotopic (exact) mass is 464 g/mol. The second-order valence-electron chi connectivity index (χ2n) is 6.20. The van der Waals surface area contributed by atoms with E-state index in [1.807, 2.05) is 24.1 Å². The number of carbonyl (C=O) groups is 1. The van der Waals surface area contributed by atoms with Crippen molar-refractivity contribution in [3.8, 4) is 0 Å². The molecule has 1 N–H and O–H groups in total. The predicted molar refractivity (Wildman–Crippen MR) is 118 cm³/mol. The average Bonchev–Trinajstić information content (AvgIpc) is 2.94. The van der Waals surface area contributed by atoms with E-state index < -0.39 is 0 Å². The summed E-state index contributed by atoms with van der Waals surface area (Å²) in [7, 11) is 3.54. The lowest BCUT2D eigenvalue weighted by Crippen LogP contribution is -2.33. The van der Waals surface area contributed by atoms with Crippen LogP contribution in [0.15, 0.2) is 33.6 Å². The fraction of sp³-hybridized carbons (Fsp3) is 0.316. The van der Waals surface area contributed by atoms with Crippen LogP contribution in [0, 0.1) is 13.8 Å². The molecule has 1 amide bonds. The van der Waals surface area contributed by atoms with Gasteiger partial charge in [-0.3, -0.25) is 4.79 Å². The van der Waals surface area contributed by atoms with Crippen LogP contribution in [-0.2, 0) is 10.5 Å². The van der Waals surface area contributed by atoms with Crippen LogP contribution >= 0.6 is 39.0 Å². The number of rotatable bonds is 6. The molecule has 5 nitrogen and oxygen atoms in total. The Morgan fingerprint density at radius 3 is 2.63 bits per heavy atom. The Hall–Kier alpha value is -1.64. The zero-order chi connectivity index (χ0) is 19.6. The Kier molecular flexibility index (Phi) is 6.39. The van der Waals surface area contributed by atoms with Gasteiger partial charge in [-0.2, -0.15) is 0 Å². The van der Waals surface area contributed by atoms with E-state index in [0.29, 0.717) is 5.75 Å². The maximum Gasteiger partial charge on any atom is 0.239 e. The van der Waals surface area contributed by atoms with Crippen LogP contribution in [0.5, 0.6) is 0 Å². The molecule has 1 aromatic carbocycles. The number of halogens is 1. The fourth-order valence-corrected chi connectivity index (χ4v) is 4.72. The van der Waals surface area contributed by atoms with E-state index in [2.05, 4.69) is 47.2 Å². The molecule has 0 atom stereocenters. The molecule has 0 aliphatic carbocycles. The summed E-state index contributed by atoms with van der Waals surface area (Å²) in [6.07, 6.45) is 0. The maximum atomic E-state index is 11.8. The standard InChI is InChI=1S/C19H21BrN4OS2/c1-11-12(2)27-19-17(11)18(24(4)9-16(25)21-3)22-15(23-19)10-26-14-7-5-13(20)6-8-14/h5-8H,9-10H2,1-4H3,(H,21,25). The number of thioether (sulfide) groups is 1. The Morgan fingerprint density at radius 1 is 1.26 bits per heavy atom. The molecule has 0 radical (unpaired) electrons. The van der Waals surface area contributed by atoms with Crippen molar-refractivity contribution in [3.05, 3.63) is 45.0 Å². The molecule has 0 unspecified atom stereocenters. The molecule has 0 aliphatic rings. The number of thiophene rings is 1. The zero-order valence-corrected chi connectivity index (χ0v) is 18.9. The first-order chi connectivity index (χ1) is 12.9. The maximum absolute atomic E-state index is 11.8. The molecule has 8 heteroatoms. The van der Waals surface area contributed by atoms with Crippen molar-refractivity contribution in [1.82, 2.24) is 15.3 Å². The SMILES string of the molecule is CNC(=O)CN(C)c1nc(CSc2ccc(Br)cc2)nc2sc(C)c(C)c12. The molecule has 0 bridgehead atoms. The van der Waals surface area contributed by atoms with Crippen molar-refractivity contribution in [1.29, 1.82) is 0 Å². The molecule has 2 aromatic heterocycles. The number of nitrogens with zero attached hydrogens (tertiary/aromatic N) is 3. The lowest BCUT2D eigenvalue weighted by atomic mass is 10.2. The number of fused-ring (bicyclic) bond motifs is 1. The van der Waals surface area contributed by atoms with Gasteiger partial charge in [-0.05, 0) is 43.7 Å². The molecule has 0 saturated carbocycles. The van der Waals surface area contributed by atoms with E-state index in [1.165, 1.54) is 15.3 Å². The Bertz CT molecular complexity index is 972. The number of aromatic nitrogens is 2. The molecule has 142 valence electrons. The fourth-order valence-electron chi connectivity index (χ4n) is 2.66. The minimum Gasteiger partial charge on any atom is -0.358 e. The first-order valence-corrected chi connectivity index (χ1v) is 11.0. The van der Waals surface area contributed by atoms with Gasteiger partial charge in [0.1, 0.15) is 16.5 Å². The number of aryl methyl sites for hydroxylation is 2. The third-order valence-electron chi connectivity index (χ3n) is 4.26. The summed E-state index contributed by atoms with van der Waals surface area (Å²) in [4.78, 5) is 26.7. The second kappa shape index (κ2) is 8.58.